The Bertz CT molecular complexity index is 744. The summed E-state index contributed by atoms with van der Waals surface area (Å²) in [7, 11) is 4.76. The number of hydrogen-bond donors (Lipinski definition) is 0. The lowest BCUT2D eigenvalue weighted by Gasteiger charge is -2.25. The molecule has 1 fully saturated rings. The van der Waals surface area contributed by atoms with E-state index in [-0.39, 0.29) is 11.3 Å². The average Bonchev–Trinajstić information content (AvgIpc) is 3.06. The molecule has 0 bridgehead atoms. The molecule has 0 N–H and O–H groups in total. The van der Waals surface area contributed by atoms with Crippen molar-refractivity contribution in [3.05, 3.63) is 47.8 Å². The molecular weight excluding hydrogens is 352 g/mol. The fourth-order valence-corrected chi connectivity index (χ4v) is 4.21. The number of carbonyl (C=O) groups excluding carboxylic acids is 1. The van der Waals surface area contributed by atoms with Crippen molar-refractivity contribution in [2.45, 2.75) is 11.8 Å². The lowest BCUT2D eigenvalue weighted by molar-refractivity contribution is -0.128. The van der Waals surface area contributed by atoms with Gasteiger partial charge in [0.2, 0.25) is 11.7 Å². The molecule has 1 amide bonds. The van der Waals surface area contributed by atoms with Crippen LogP contribution in [0.5, 0.6) is 17.2 Å². The maximum absolute atomic E-state index is 12.4. The molecule has 1 aromatic heterocycles. The van der Waals surface area contributed by atoms with Crippen molar-refractivity contribution >= 4 is 17.7 Å². The van der Waals surface area contributed by atoms with Crippen molar-refractivity contribution in [3.63, 3.8) is 0 Å². The van der Waals surface area contributed by atoms with E-state index in [2.05, 4.69) is 4.98 Å². The van der Waals surface area contributed by atoms with Crippen LogP contribution in [0.2, 0.25) is 0 Å². The Balaban J connectivity index is 1.85. The van der Waals surface area contributed by atoms with Crippen LogP contribution in [0, 0.1) is 0 Å². The van der Waals surface area contributed by atoms with Gasteiger partial charge in [-0.2, -0.15) is 0 Å². The summed E-state index contributed by atoms with van der Waals surface area (Å²) < 4.78 is 16.3. The minimum atomic E-state index is -0.0713. The molecule has 3 rings (SSSR count). The van der Waals surface area contributed by atoms with E-state index in [1.807, 2.05) is 29.2 Å². The van der Waals surface area contributed by atoms with E-state index in [0.29, 0.717) is 29.5 Å². The highest BCUT2D eigenvalue weighted by Gasteiger charge is 2.33. The van der Waals surface area contributed by atoms with E-state index in [0.717, 1.165) is 17.5 Å². The standard InChI is InChI=1S/C19H22N2O4S/c1-23-15-10-14(11-16(24-2)18(15)25-3)19-21(17(22)12-26-19)9-6-13-4-7-20-8-5-13/h4-5,7-8,10-11,19H,6,9,12H2,1-3H3. The normalized spacial score (nSPS) is 16.7. The number of aromatic nitrogens is 1. The minimum absolute atomic E-state index is 0.0713. The number of ether oxygens (including phenoxy) is 3. The lowest BCUT2D eigenvalue weighted by atomic mass is 10.1. The number of carbonyl (C=O) groups is 1. The van der Waals surface area contributed by atoms with Crippen LogP contribution in [0.15, 0.2) is 36.7 Å². The maximum atomic E-state index is 12.4. The Morgan fingerprint density at radius 2 is 1.77 bits per heavy atom. The molecule has 6 nitrogen and oxygen atoms in total. The van der Waals surface area contributed by atoms with Gasteiger partial charge in [-0.1, -0.05) is 0 Å². The monoisotopic (exact) mass is 374 g/mol. The topological polar surface area (TPSA) is 60.9 Å². The molecule has 7 heteroatoms. The van der Waals surface area contributed by atoms with Crippen molar-refractivity contribution in [3.8, 4) is 17.2 Å². The number of pyridine rings is 1. The van der Waals surface area contributed by atoms with Crippen LogP contribution in [-0.4, -0.2) is 49.4 Å². The first-order valence-electron chi connectivity index (χ1n) is 8.27. The van der Waals surface area contributed by atoms with E-state index in [9.17, 15) is 4.79 Å². The van der Waals surface area contributed by atoms with Crippen molar-refractivity contribution in [2.24, 2.45) is 0 Å². The Morgan fingerprint density at radius 1 is 1.12 bits per heavy atom. The molecule has 0 saturated carbocycles. The zero-order chi connectivity index (χ0) is 18.5. The summed E-state index contributed by atoms with van der Waals surface area (Å²) in [4.78, 5) is 18.4. The van der Waals surface area contributed by atoms with Crippen LogP contribution in [0.3, 0.4) is 0 Å². The summed E-state index contributed by atoms with van der Waals surface area (Å²) in [6.07, 6.45) is 4.33. The summed E-state index contributed by atoms with van der Waals surface area (Å²) >= 11 is 1.61. The largest absolute Gasteiger partial charge is 0.493 e. The molecule has 1 unspecified atom stereocenters. The van der Waals surface area contributed by atoms with Crippen molar-refractivity contribution in [1.82, 2.24) is 9.88 Å². The van der Waals surface area contributed by atoms with Gasteiger partial charge in [-0.3, -0.25) is 9.78 Å². The van der Waals surface area contributed by atoms with Gasteiger partial charge in [0.25, 0.3) is 0 Å². The van der Waals surface area contributed by atoms with Gasteiger partial charge >= 0.3 is 0 Å². The van der Waals surface area contributed by atoms with Gasteiger partial charge in [0.15, 0.2) is 11.5 Å². The molecule has 2 aromatic rings. The lowest BCUT2D eigenvalue weighted by Crippen LogP contribution is -2.30. The predicted octanol–water partition coefficient (Wildman–Crippen LogP) is 2.92. The molecule has 1 aromatic carbocycles. The summed E-state index contributed by atoms with van der Waals surface area (Å²) in [5.74, 6) is 2.35. The van der Waals surface area contributed by atoms with Gasteiger partial charge in [0.1, 0.15) is 5.37 Å². The first kappa shape index (κ1) is 18.4. The van der Waals surface area contributed by atoms with Crippen LogP contribution in [0.4, 0.5) is 0 Å². The molecule has 138 valence electrons. The third-order valence-electron chi connectivity index (χ3n) is 4.33. The van der Waals surface area contributed by atoms with E-state index >= 15 is 0 Å². The van der Waals surface area contributed by atoms with Crippen LogP contribution in [-0.2, 0) is 11.2 Å². The van der Waals surface area contributed by atoms with Crippen molar-refractivity contribution in [2.75, 3.05) is 33.6 Å². The molecule has 1 saturated heterocycles. The smallest absolute Gasteiger partial charge is 0.233 e. The summed E-state index contributed by atoms with van der Waals surface area (Å²) in [6.45, 7) is 0.650. The number of hydrogen-bond acceptors (Lipinski definition) is 6. The van der Waals surface area contributed by atoms with Gasteiger partial charge in [0.05, 0.1) is 27.1 Å². The molecule has 26 heavy (non-hydrogen) atoms. The molecule has 1 aliphatic rings. The van der Waals surface area contributed by atoms with Gasteiger partial charge in [-0.05, 0) is 41.8 Å². The molecule has 1 atom stereocenters. The number of thioether (sulfide) groups is 1. The van der Waals surface area contributed by atoms with Crippen LogP contribution < -0.4 is 14.2 Å². The second-order valence-corrected chi connectivity index (χ2v) is 6.88. The van der Waals surface area contributed by atoms with E-state index in [1.54, 1.807) is 45.5 Å². The summed E-state index contributed by atoms with van der Waals surface area (Å²) in [6, 6.07) is 7.78. The third-order valence-corrected chi connectivity index (χ3v) is 5.59. The highest BCUT2D eigenvalue weighted by Crippen LogP contribution is 2.45. The zero-order valence-electron chi connectivity index (χ0n) is 15.1. The second kappa shape index (κ2) is 8.31. The van der Waals surface area contributed by atoms with Crippen LogP contribution >= 0.6 is 11.8 Å². The SMILES string of the molecule is COc1cc(C2SCC(=O)N2CCc2ccncc2)cc(OC)c1OC. The van der Waals surface area contributed by atoms with Crippen LogP contribution in [0.25, 0.3) is 0 Å². The first-order valence-corrected chi connectivity index (χ1v) is 9.32. The molecule has 0 radical (unpaired) electrons. The van der Waals surface area contributed by atoms with Crippen LogP contribution in [0.1, 0.15) is 16.5 Å². The molecular formula is C19H22N2O4S. The molecule has 2 heterocycles. The Hall–Kier alpha value is -2.41. The Kier molecular flexibility index (Phi) is 5.88. The maximum Gasteiger partial charge on any atom is 0.233 e. The first-order chi connectivity index (χ1) is 12.7. The molecule has 0 aliphatic carbocycles. The van der Waals surface area contributed by atoms with E-state index in [1.165, 1.54) is 0 Å². The fraction of sp³-hybridized carbons (Fsp3) is 0.368. The number of amides is 1. The predicted molar refractivity (Wildman–Crippen MR) is 101 cm³/mol. The van der Waals surface area contributed by atoms with E-state index < -0.39 is 0 Å². The number of benzene rings is 1. The minimum Gasteiger partial charge on any atom is -0.493 e. The molecule has 0 spiro atoms. The van der Waals surface area contributed by atoms with Gasteiger partial charge in [0, 0.05) is 18.9 Å². The third kappa shape index (κ3) is 3.72. The van der Waals surface area contributed by atoms with Crippen molar-refractivity contribution < 1.29 is 19.0 Å². The van der Waals surface area contributed by atoms with Gasteiger partial charge in [-0.15, -0.1) is 11.8 Å². The van der Waals surface area contributed by atoms with Gasteiger partial charge < -0.3 is 19.1 Å². The summed E-state index contributed by atoms with van der Waals surface area (Å²) in [5, 5.41) is -0.0713. The highest BCUT2D eigenvalue weighted by molar-refractivity contribution is 8.00. The fourth-order valence-electron chi connectivity index (χ4n) is 3.01. The highest BCUT2D eigenvalue weighted by atomic mass is 32.2. The zero-order valence-corrected chi connectivity index (χ0v) is 15.9. The number of methoxy groups -OCH3 is 3. The molecule has 1 aliphatic heterocycles. The van der Waals surface area contributed by atoms with Crippen molar-refractivity contribution in [1.29, 1.82) is 0 Å². The van der Waals surface area contributed by atoms with Gasteiger partial charge in [-0.25, -0.2) is 0 Å². The quantitative estimate of drug-likeness (QED) is 0.743. The second-order valence-electron chi connectivity index (χ2n) is 5.81. The Morgan fingerprint density at radius 3 is 2.35 bits per heavy atom. The Labute approximate surface area is 157 Å². The van der Waals surface area contributed by atoms with E-state index in [4.69, 9.17) is 14.2 Å². The number of rotatable bonds is 7. The number of nitrogens with zero attached hydrogens (tertiary/aromatic N) is 2. The average molecular weight is 374 g/mol. The summed E-state index contributed by atoms with van der Waals surface area (Å²) in [5.41, 5.74) is 2.12.